The summed E-state index contributed by atoms with van der Waals surface area (Å²) in [6.07, 6.45) is 6.20. The van der Waals surface area contributed by atoms with Gasteiger partial charge >= 0.3 is 0 Å². The highest BCUT2D eigenvalue weighted by atomic mass is 35.5. The Morgan fingerprint density at radius 2 is 1.73 bits per heavy atom. The van der Waals surface area contributed by atoms with Crippen LogP contribution in [0.25, 0.3) is 27.9 Å². The average Bonchev–Trinajstić information content (AvgIpc) is 3.12. The van der Waals surface area contributed by atoms with Crippen molar-refractivity contribution in [1.82, 2.24) is 19.6 Å². The zero-order valence-electron chi connectivity index (χ0n) is 14.4. The van der Waals surface area contributed by atoms with Crippen LogP contribution in [-0.2, 0) is 0 Å². The van der Waals surface area contributed by atoms with E-state index >= 15 is 0 Å². The zero-order chi connectivity index (χ0) is 17.5. The van der Waals surface area contributed by atoms with E-state index in [1.54, 1.807) is 0 Å². The summed E-state index contributed by atoms with van der Waals surface area (Å²) < 4.78 is 2.13. The van der Waals surface area contributed by atoms with Gasteiger partial charge in [-0.05, 0) is 31.0 Å². The van der Waals surface area contributed by atoms with E-state index in [0.29, 0.717) is 16.7 Å². The van der Waals surface area contributed by atoms with Gasteiger partial charge in [0.1, 0.15) is 5.82 Å². The number of hydrogen-bond acceptors (Lipinski definition) is 3. The summed E-state index contributed by atoms with van der Waals surface area (Å²) in [6, 6.07) is 16.2. The van der Waals surface area contributed by atoms with Gasteiger partial charge in [0.15, 0.2) is 0 Å². The molecule has 2 aromatic heterocycles. The third-order valence-corrected chi connectivity index (χ3v) is 5.59. The van der Waals surface area contributed by atoms with Crippen molar-refractivity contribution in [2.24, 2.45) is 0 Å². The Balaban J connectivity index is 1.81. The maximum Gasteiger partial charge on any atom is 0.256 e. The zero-order valence-corrected chi connectivity index (χ0v) is 15.2. The molecule has 1 fully saturated rings. The fraction of sp³-hybridized carbons (Fsp3) is 0.286. The molecule has 5 rings (SSSR count). The van der Waals surface area contributed by atoms with E-state index in [2.05, 4.69) is 32.8 Å². The van der Waals surface area contributed by atoms with Gasteiger partial charge in [-0.2, -0.15) is 0 Å². The molecule has 26 heavy (non-hydrogen) atoms. The van der Waals surface area contributed by atoms with Gasteiger partial charge in [0.05, 0.1) is 11.2 Å². The van der Waals surface area contributed by atoms with Crippen molar-refractivity contribution in [2.75, 3.05) is 0 Å². The van der Waals surface area contributed by atoms with E-state index in [1.807, 2.05) is 30.3 Å². The summed E-state index contributed by atoms with van der Waals surface area (Å²) in [5.41, 5.74) is 3.03. The molecule has 5 heteroatoms. The fourth-order valence-corrected chi connectivity index (χ4v) is 4.26. The third kappa shape index (κ3) is 2.56. The number of nitrogens with zero attached hydrogens (tertiary/aromatic N) is 4. The number of fused-ring (bicyclic) bond motifs is 3. The first kappa shape index (κ1) is 15.8. The second-order valence-corrected chi connectivity index (χ2v) is 7.45. The monoisotopic (exact) mass is 362 g/mol. The van der Waals surface area contributed by atoms with Gasteiger partial charge < -0.3 is 0 Å². The smallest absolute Gasteiger partial charge is 0.256 e. The summed E-state index contributed by atoms with van der Waals surface area (Å²) in [6.45, 7) is 0. The number of rotatable bonds is 2. The van der Waals surface area contributed by atoms with Crippen LogP contribution in [0.15, 0.2) is 48.5 Å². The van der Waals surface area contributed by atoms with Gasteiger partial charge in [-0.3, -0.25) is 4.40 Å². The van der Waals surface area contributed by atoms with Gasteiger partial charge in [-0.1, -0.05) is 61.2 Å². The SMILES string of the molecule is Clc1ccc2c(c1)c(-c1ccccc1)nc1nnc(C3CCCCC3)n12. The van der Waals surface area contributed by atoms with Gasteiger partial charge in [-0.15, -0.1) is 10.2 Å². The Bertz CT molecular complexity index is 1080. The van der Waals surface area contributed by atoms with E-state index in [1.165, 1.54) is 32.1 Å². The molecule has 2 heterocycles. The summed E-state index contributed by atoms with van der Waals surface area (Å²) >= 11 is 6.32. The molecular weight excluding hydrogens is 344 g/mol. The molecular formula is C21H19ClN4. The predicted octanol–water partition coefficient (Wildman–Crippen LogP) is 5.65. The van der Waals surface area contributed by atoms with E-state index in [0.717, 1.165) is 28.0 Å². The molecule has 0 atom stereocenters. The quantitative estimate of drug-likeness (QED) is 0.463. The van der Waals surface area contributed by atoms with Crippen LogP contribution >= 0.6 is 11.6 Å². The second-order valence-electron chi connectivity index (χ2n) is 7.02. The minimum Gasteiger partial charge on any atom is -0.263 e. The summed E-state index contributed by atoms with van der Waals surface area (Å²) in [5.74, 6) is 2.17. The highest BCUT2D eigenvalue weighted by Gasteiger charge is 2.23. The van der Waals surface area contributed by atoms with Crippen LogP contribution in [-0.4, -0.2) is 19.6 Å². The molecule has 1 saturated carbocycles. The lowest BCUT2D eigenvalue weighted by Gasteiger charge is -2.20. The molecule has 4 aromatic rings. The van der Waals surface area contributed by atoms with Crippen molar-refractivity contribution < 1.29 is 0 Å². The molecule has 0 amide bonds. The largest absolute Gasteiger partial charge is 0.263 e. The average molecular weight is 363 g/mol. The first-order chi connectivity index (χ1) is 12.8. The summed E-state index contributed by atoms with van der Waals surface area (Å²) in [7, 11) is 0. The minimum absolute atomic E-state index is 0.460. The molecule has 0 radical (unpaired) electrons. The first-order valence-corrected chi connectivity index (χ1v) is 9.59. The summed E-state index contributed by atoms with van der Waals surface area (Å²) in [5, 5.41) is 10.7. The lowest BCUT2D eigenvalue weighted by atomic mass is 9.88. The van der Waals surface area contributed by atoms with Crippen LogP contribution in [0.3, 0.4) is 0 Å². The lowest BCUT2D eigenvalue weighted by Crippen LogP contribution is -2.09. The third-order valence-electron chi connectivity index (χ3n) is 5.35. The standard InChI is InChI=1S/C21H19ClN4/c22-16-11-12-18-17(13-16)19(14-7-3-1-4-8-14)23-21-25-24-20(26(18)21)15-9-5-2-6-10-15/h1,3-4,7-8,11-13,15H,2,5-6,9-10H2. The van der Waals surface area contributed by atoms with Crippen molar-refractivity contribution in [3.8, 4) is 11.3 Å². The Morgan fingerprint density at radius 1 is 0.923 bits per heavy atom. The highest BCUT2D eigenvalue weighted by molar-refractivity contribution is 6.31. The van der Waals surface area contributed by atoms with Crippen LogP contribution in [0.1, 0.15) is 43.8 Å². The molecule has 2 aromatic carbocycles. The van der Waals surface area contributed by atoms with Gasteiger partial charge in [0.25, 0.3) is 5.78 Å². The van der Waals surface area contributed by atoms with Crippen molar-refractivity contribution in [3.05, 3.63) is 59.4 Å². The molecule has 1 aliphatic rings. The van der Waals surface area contributed by atoms with Crippen LogP contribution in [0, 0.1) is 0 Å². The first-order valence-electron chi connectivity index (χ1n) is 9.21. The number of benzene rings is 2. The van der Waals surface area contributed by atoms with Gasteiger partial charge in [-0.25, -0.2) is 4.98 Å². The van der Waals surface area contributed by atoms with Crippen LogP contribution in [0.5, 0.6) is 0 Å². The lowest BCUT2D eigenvalue weighted by molar-refractivity contribution is 0.427. The molecule has 0 bridgehead atoms. The molecule has 0 unspecified atom stereocenters. The van der Waals surface area contributed by atoms with Crippen molar-refractivity contribution >= 4 is 28.3 Å². The van der Waals surface area contributed by atoms with Gasteiger partial charge in [0.2, 0.25) is 0 Å². The topological polar surface area (TPSA) is 43.1 Å². The van der Waals surface area contributed by atoms with Crippen LogP contribution in [0.4, 0.5) is 0 Å². The Labute approximate surface area is 156 Å². The molecule has 0 N–H and O–H groups in total. The maximum absolute atomic E-state index is 6.32. The minimum atomic E-state index is 0.460. The van der Waals surface area contributed by atoms with Crippen molar-refractivity contribution in [3.63, 3.8) is 0 Å². The Hall–Kier alpha value is -2.46. The van der Waals surface area contributed by atoms with E-state index in [9.17, 15) is 0 Å². The summed E-state index contributed by atoms with van der Waals surface area (Å²) in [4.78, 5) is 4.86. The number of aromatic nitrogens is 4. The molecule has 130 valence electrons. The normalized spacial score (nSPS) is 15.7. The Kier molecular flexibility index (Phi) is 3.86. The highest BCUT2D eigenvalue weighted by Crippen LogP contribution is 2.35. The maximum atomic E-state index is 6.32. The van der Waals surface area contributed by atoms with Crippen molar-refractivity contribution in [1.29, 1.82) is 0 Å². The number of hydrogen-bond donors (Lipinski definition) is 0. The van der Waals surface area contributed by atoms with Crippen molar-refractivity contribution in [2.45, 2.75) is 38.0 Å². The van der Waals surface area contributed by atoms with E-state index in [4.69, 9.17) is 16.6 Å². The molecule has 4 nitrogen and oxygen atoms in total. The van der Waals surface area contributed by atoms with E-state index < -0.39 is 0 Å². The fourth-order valence-electron chi connectivity index (χ4n) is 4.09. The molecule has 0 spiro atoms. The molecule has 0 aliphatic heterocycles. The van der Waals surface area contributed by atoms with E-state index in [-0.39, 0.29) is 0 Å². The predicted molar refractivity (Wildman–Crippen MR) is 105 cm³/mol. The van der Waals surface area contributed by atoms with Gasteiger partial charge in [0, 0.05) is 21.9 Å². The second kappa shape index (κ2) is 6.36. The number of halogens is 1. The Morgan fingerprint density at radius 3 is 2.54 bits per heavy atom. The van der Waals surface area contributed by atoms with Crippen LogP contribution in [0.2, 0.25) is 5.02 Å². The van der Waals surface area contributed by atoms with Crippen LogP contribution < -0.4 is 0 Å². The molecule has 1 aliphatic carbocycles. The molecule has 0 saturated heterocycles.